The van der Waals surface area contributed by atoms with Crippen LogP contribution < -0.4 is 16.4 Å². The standard InChI is InChI=1S/C32H51N5O5/c1-20-7-8-21-15-24-26(27(39)40)30(41,19-42-23-6-4-5-22(16-23)34-2)25-9-10-29(17-36-12-14-38)11-13-37(28(33)35-3)18-31(21,29)32(20,24)25/h11,13,20-23,25,34,36,38,41H,4-10,12,14-19H2,1-3H3,(H2,33,35)(H,39,40)/t20-,21-,22-,23+,25-,29+,30-,31-,32+/m1/s1. The van der Waals surface area contributed by atoms with Gasteiger partial charge in [-0.15, -0.1) is 0 Å². The summed E-state index contributed by atoms with van der Waals surface area (Å²) < 4.78 is 6.53. The first-order valence-corrected chi connectivity index (χ1v) is 16.1. The topological polar surface area (TPSA) is 153 Å². The van der Waals surface area contributed by atoms with E-state index in [0.29, 0.717) is 44.5 Å². The Hall–Kier alpha value is -1.98. The van der Waals surface area contributed by atoms with E-state index >= 15 is 0 Å². The number of carboxylic acids is 1. The molecule has 234 valence electrons. The van der Waals surface area contributed by atoms with E-state index in [4.69, 9.17) is 10.5 Å². The van der Waals surface area contributed by atoms with Crippen LogP contribution in [0.3, 0.4) is 0 Å². The Bertz CT molecular complexity index is 1170. The molecular formula is C32H51N5O5. The Morgan fingerprint density at radius 2 is 2.07 bits per heavy atom. The Morgan fingerprint density at radius 1 is 1.26 bits per heavy atom. The molecule has 0 radical (unpaired) electrons. The number of aliphatic hydroxyl groups is 2. The molecule has 0 saturated heterocycles. The van der Waals surface area contributed by atoms with Gasteiger partial charge in [-0.1, -0.05) is 13.0 Å². The number of guanidine groups is 1. The first-order valence-electron chi connectivity index (χ1n) is 16.1. The van der Waals surface area contributed by atoms with Gasteiger partial charge in [-0.3, -0.25) is 4.99 Å². The summed E-state index contributed by atoms with van der Waals surface area (Å²) in [6, 6.07) is 0.382. The van der Waals surface area contributed by atoms with Crippen molar-refractivity contribution in [3.63, 3.8) is 0 Å². The summed E-state index contributed by atoms with van der Waals surface area (Å²) in [5.74, 6) is -0.365. The average molecular weight is 586 g/mol. The van der Waals surface area contributed by atoms with E-state index in [-0.39, 0.29) is 53.5 Å². The summed E-state index contributed by atoms with van der Waals surface area (Å²) in [6.07, 6.45) is 12.6. The van der Waals surface area contributed by atoms with Crippen molar-refractivity contribution in [3.05, 3.63) is 23.4 Å². The van der Waals surface area contributed by atoms with Crippen molar-refractivity contribution < 1.29 is 24.9 Å². The molecule has 0 aromatic heterocycles. The van der Waals surface area contributed by atoms with Gasteiger partial charge in [-0.05, 0) is 82.2 Å². The van der Waals surface area contributed by atoms with E-state index in [0.717, 1.165) is 50.5 Å². The number of aliphatic carboxylic acids is 1. The van der Waals surface area contributed by atoms with Gasteiger partial charge in [0.1, 0.15) is 5.60 Å². The fourth-order valence-electron chi connectivity index (χ4n) is 11.3. The smallest absolute Gasteiger partial charge is 0.334 e. The predicted molar refractivity (Wildman–Crippen MR) is 161 cm³/mol. The number of aliphatic imine (C=N–C) groups is 1. The normalized spacial score (nSPS) is 44.4. The Balaban J connectivity index is 1.49. The van der Waals surface area contributed by atoms with Crippen LogP contribution in [0.5, 0.6) is 0 Å². The van der Waals surface area contributed by atoms with Gasteiger partial charge in [-0.25, -0.2) is 4.79 Å². The number of allylic oxidation sites excluding steroid dienone is 1. The second-order valence-corrected chi connectivity index (χ2v) is 14.1. The number of carboxylic acid groups (broad SMARTS) is 1. The molecule has 1 heterocycles. The maximum Gasteiger partial charge on any atom is 0.334 e. The molecular weight excluding hydrogens is 534 g/mol. The van der Waals surface area contributed by atoms with Crippen molar-refractivity contribution in [3.8, 4) is 0 Å². The third-order valence-corrected chi connectivity index (χ3v) is 12.8. The highest BCUT2D eigenvalue weighted by Gasteiger charge is 2.83. The zero-order chi connectivity index (χ0) is 29.9. The van der Waals surface area contributed by atoms with Crippen LogP contribution >= 0.6 is 0 Å². The molecule has 4 fully saturated rings. The summed E-state index contributed by atoms with van der Waals surface area (Å²) in [7, 11) is 3.68. The highest BCUT2D eigenvalue weighted by molar-refractivity contribution is 5.92. The van der Waals surface area contributed by atoms with E-state index in [1.54, 1.807) is 7.05 Å². The molecule has 6 aliphatic rings. The van der Waals surface area contributed by atoms with Crippen LogP contribution in [0.15, 0.2) is 28.4 Å². The molecule has 0 aromatic rings. The largest absolute Gasteiger partial charge is 0.478 e. The average Bonchev–Trinajstić information content (AvgIpc) is 3.33. The molecule has 42 heavy (non-hydrogen) atoms. The first kappa shape index (κ1) is 30.1. The fraction of sp³-hybridized carbons (Fsp3) is 0.812. The lowest BCUT2D eigenvalue weighted by atomic mass is 9.35. The molecule has 0 unspecified atom stereocenters. The number of nitrogens with one attached hydrogen (secondary N) is 2. The predicted octanol–water partition coefficient (Wildman–Crippen LogP) is 1.83. The van der Waals surface area contributed by atoms with Crippen LogP contribution in [0.2, 0.25) is 0 Å². The van der Waals surface area contributed by atoms with Gasteiger partial charge in [0.05, 0.1) is 24.9 Å². The van der Waals surface area contributed by atoms with Crippen LogP contribution in [0.4, 0.5) is 0 Å². The van der Waals surface area contributed by atoms with E-state index in [2.05, 4.69) is 39.7 Å². The molecule has 0 aromatic carbocycles. The van der Waals surface area contributed by atoms with E-state index in [9.17, 15) is 20.1 Å². The van der Waals surface area contributed by atoms with Crippen LogP contribution in [-0.4, -0.2) is 96.8 Å². The molecule has 6 rings (SSSR count). The van der Waals surface area contributed by atoms with Crippen LogP contribution in [-0.2, 0) is 9.53 Å². The zero-order valence-corrected chi connectivity index (χ0v) is 25.6. The van der Waals surface area contributed by atoms with Crippen LogP contribution in [0, 0.1) is 34.0 Å². The van der Waals surface area contributed by atoms with Gasteiger partial charge >= 0.3 is 5.97 Å². The third kappa shape index (κ3) is 3.87. The lowest BCUT2D eigenvalue weighted by molar-refractivity contribution is -0.221. The van der Waals surface area contributed by atoms with Crippen molar-refractivity contribution in [1.29, 1.82) is 0 Å². The highest BCUT2D eigenvalue weighted by Crippen LogP contribution is 2.84. The molecule has 9 atom stereocenters. The van der Waals surface area contributed by atoms with E-state index < -0.39 is 17.0 Å². The second-order valence-electron chi connectivity index (χ2n) is 14.1. The van der Waals surface area contributed by atoms with Gasteiger partial charge in [0, 0.05) is 61.1 Å². The van der Waals surface area contributed by atoms with Crippen molar-refractivity contribution in [2.75, 3.05) is 46.9 Å². The van der Waals surface area contributed by atoms with Crippen molar-refractivity contribution in [1.82, 2.24) is 15.5 Å². The number of nitrogens with zero attached hydrogens (tertiary/aromatic N) is 2. The maximum atomic E-state index is 13.3. The van der Waals surface area contributed by atoms with Gasteiger partial charge in [0.25, 0.3) is 0 Å². The molecule has 2 spiro atoms. The molecule has 10 heteroatoms. The molecule has 2 bridgehead atoms. The van der Waals surface area contributed by atoms with E-state index in [1.807, 2.05) is 7.05 Å². The fourth-order valence-corrected chi connectivity index (χ4v) is 11.3. The number of aliphatic hydroxyl groups excluding tert-OH is 1. The zero-order valence-electron chi connectivity index (χ0n) is 25.6. The van der Waals surface area contributed by atoms with Crippen molar-refractivity contribution in [2.24, 2.45) is 44.7 Å². The Morgan fingerprint density at radius 3 is 2.79 bits per heavy atom. The number of nitrogens with two attached hydrogens (primary N) is 1. The molecule has 10 nitrogen and oxygen atoms in total. The maximum absolute atomic E-state index is 13.3. The number of carbonyl (C=O) groups is 1. The Labute approximate surface area is 249 Å². The van der Waals surface area contributed by atoms with E-state index in [1.165, 1.54) is 0 Å². The SMILES string of the molecule is CN=C(N)N1C=C[C@]2(CNCCO)CC[C@H]3[C@@]45C(=C(C(=O)O)[C@@]3(O)CO[C@H]3CCC[C@@H](NC)C3)C[C@@H](CC[C@H]4C)[C@]25C1. The van der Waals surface area contributed by atoms with Crippen LogP contribution in [0.1, 0.15) is 64.7 Å². The minimum atomic E-state index is -1.56. The summed E-state index contributed by atoms with van der Waals surface area (Å²) in [5, 5.41) is 40.2. The molecule has 7 N–H and O–H groups in total. The lowest BCUT2D eigenvalue weighted by Gasteiger charge is -2.70. The molecule has 0 amide bonds. The quantitative estimate of drug-likeness (QED) is 0.135. The van der Waals surface area contributed by atoms with Gasteiger partial charge in [0.15, 0.2) is 5.96 Å². The minimum absolute atomic E-state index is 0.00253. The molecule has 1 aliphatic heterocycles. The van der Waals surface area contributed by atoms with Crippen molar-refractivity contribution >= 4 is 11.9 Å². The number of ether oxygens (including phenoxy) is 1. The molecule has 4 saturated carbocycles. The Kier molecular flexibility index (Phi) is 7.78. The summed E-state index contributed by atoms with van der Waals surface area (Å²) in [5.41, 5.74) is 4.95. The third-order valence-electron chi connectivity index (χ3n) is 12.8. The number of rotatable bonds is 9. The summed E-state index contributed by atoms with van der Waals surface area (Å²) in [6.45, 7) is 4.20. The van der Waals surface area contributed by atoms with Crippen LogP contribution in [0.25, 0.3) is 0 Å². The van der Waals surface area contributed by atoms with Gasteiger partial charge < -0.3 is 41.3 Å². The van der Waals surface area contributed by atoms with Crippen molar-refractivity contribution in [2.45, 2.75) is 82.5 Å². The lowest BCUT2D eigenvalue weighted by Crippen LogP contribution is -2.72. The summed E-state index contributed by atoms with van der Waals surface area (Å²) in [4.78, 5) is 19.7. The minimum Gasteiger partial charge on any atom is -0.478 e. The second kappa shape index (κ2) is 10.9. The molecule has 5 aliphatic carbocycles. The highest BCUT2D eigenvalue weighted by atomic mass is 16.5. The first-order chi connectivity index (χ1) is 20.1. The summed E-state index contributed by atoms with van der Waals surface area (Å²) >= 11 is 0. The van der Waals surface area contributed by atoms with Gasteiger partial charge in [0.2, 0.25) is 0 Å². The monoisotopic (exact) mass is 585 g/mol. The van der Waals surface area contributed by atoms with Gasteiger partial charge in [-0.2, -0.15) is 0 Å². The number of hydrogen-bond donors (Lipinski definition) is 6. The number of hydrogen-bond acceptors (Lipinski definition) is 7.